The van der Waals surface area contributed by atoms with Crippen molar-refractivity contribution >= 4 is 63.2 Å². The van der Waals surface area contributed by atoms with Crippen molar-refractivity contribution in [2.75, 3.05) is 45.3 Å². The first-order chi connectivity index (χ1) is 33.9. The predicted octanol–water partition coefficient (Wildman–Crippen LogP) is 9.58. The second-order valence-electron chi connectivity index (χ2n) is 19.3. The van der Waals surface area contributed by atoms with Crippen molar-refractivity contribution in [2.24, 2.45) is 11.8 Å². The molecule has 0 bridgehead atoms. The van der Waals surface area contributed by atoms with Crippen LogP contribution in [0.15, 0.2) is 109 Å². The average Bonchev–Trinajstić information content (AvgIpc) is 3.36. The van der Waals surface area contributed by atoms with Gasteiger partial charge in [0.1, 0.15) is 23.3 Å². The van der Waals surface area contributed by atoms with Crippen molar-refractivity contribution in [2.45, 2.75) is 90.5 Å². The lowest BCUT2D eigenvalue weighted by molar-refractivity contribution is -0.145. The number of anilines is 1. The summed E-state index contributed by atoms with van der Waals surface area (Å²) >= 11 is 5.79. The van der Waals surface area contributed by atoms with Crippen molar-refractivity contribution < 1.29 is 38.1 Å². The van der Waals surface area contributed by atoms with Gasteiger partial charge in [-0.2, -0.15) is 0 Å². The van der Waals surface area contributed by atoms with Gasteiger partial charge in [-0.15, -0.1) is 0 Å². The predicted molar refractivity (Wildman–Crippen MR) is 276 cm³/mol. The average molecular weight is 990 g/mol. The van der Waals surface area contributed by atoms with Gasteiger partial charge in [0.25, 0.3) is 0 Å². The molecule has 2 amide bonds. The first-order valence-electron chi connectivity index (χ1n) is 23.8. The van der Waals surface area contributed by atoms with Crippen LogP contribution in [0.1, 0.15) is 67.2 Å². The zero-order valence-corrected chi connectivity index (χ0v) is 42.5. The van der Waals surface area contributed by atoms with Gasteiger partial charge in [0.2, 0.25) is 11.2 Å². The number of methoxy groups -OCH3 is 2. The molecule has 2 atom stereocenters. The highest BCUT2D eigenvalue weighted by Gasteiger charge is 2.36. The lowest BCUT2D eigenvalue weighted by Crippen LogP contribution is -2.51. The highest BCUT2D eigenvalue weighted by atomic mass is 35.5. The smallest absolute Gasteiger partial charge is 0.408 e. The van der Waals surface area contributed by atoms with E-state index in [1.54, 1.807) is 53.9 Å². The molecule has 2 fully saturated rings. The molecule has 4 heterocycles. The number of fused-ring (bicyclic) bond motifs is 2. The zero-order valence-electron chi connectivity index (χ0n) is 41.7. The number of carbonyl (C=O) groups is 4. The van der Waals surface area contributed by atoms with Gasteiger partial charge >= 0.3 is 24.1 Å². The molecule has 17 heteroatoms. The van der Waals surface area contributed by atoms with E-state index in [0.717, 1.165) is 53.8 Å². The molecule has 2 aliphatic rings. The number of nitrogens with one attached hydrogen (secondary N) is 3. The number of carbonyl (C=O) groups excluding carboxylic acids is 4. The standard InChI is InChI=1S/C27H32N4O4.C14H9ClN2.C13H24N2O4/c1-27(2,3)35-26(33)30-23(24(32)34-4)19-12-15-31(16-13-19)25-28-14-11-22(29-25)21-10-9-18-7-5-6-8-20(18)17-21;15-14-16-8-7-13(17-14)12-6-5-10-3-1-2-4-11(10)9-12;1-13(2,3)19-12(17)15-10(11(16)18-4)9-5-7-14-8-6-9/h5-11,14,17,19,23H,12-13,15-16H2,1-4H3,(H,30,33);1-9H;9-10,14H,5-8H2,1-4H3,(H,15,17). The van der Waals surface area contributed by atoms with E-state index in [1.807, 2.05) is 42.5 Å². The number of alkyl carbamates (subject to hydrolysis) is 2. The molecule has 71 heavy (non-hydrogen) atoms. The monoisotopic (exact) mass is 988 g/mol. The highest BCUT2D eigenvalue weighted by molar-refractivity contribution is 6.28. The molecule has 2 aliphatic heterocycles. The number of hydrogen-bond acceptors (Lipinski definition) is 14. The third-order valence-electron chi connectivity index (χ3n) is 11.8. The number of piperidine rings is 2. The molecule has 0 spiro atoms. The molecule has 0 radical (unpaired) electrons. The summed E-state index contributed by atoms with van der Waals surface area (Å²) in [7, 11) is 2.65. The van der Waals surface area contributed by atoms with E-state index in [1.165, 1.54) is 30.4 Å². The van der Waals surface area contributed by atoms with Crippen LogP contribution in [0.3, 0.4) is 0 Å². The summed E-state index contributed by atoms with van der Waals surface area (Å²) in [6.07, 6.45) is 5.26. The van der Waals surface area contributed by atoms with Crippen LogP contribution in [0, 0.1) is 11.8 Å². The fourth-order valence-electron chi connectivity index (χ4n) is 8.33. The first kappa shape index (κ1) is 53.4. The van der Waals surface area contributed by atoms with Crippen LogP contribution in [0.4, 0.5) is 15.5 Å². The summed E-state index contributed by atoms with van der Waals surface area (Å²) in [6, 6.07) is 31.4. The Balaban J connectivity index is 0.000000192. The fraction of sp³-hybridized carbons (Fsp3) is 0.407. The van der Waals surface area contributed by atoms with Gasteiger partial charge in [-0.25, -0.2) is 39.1 Å². The quantitative estimate of drug-likeness (QED) is 0.0704. The fourth-order valence-corrected chi connectivity index (χ4v) is 8.47. The van der Waals surface area contributed by atoms with Crippen molar-refractivity contribution in [3.05, 3.63) is 115 Å². The minimum atomic E-state index is -0.762. The number of halogens is 1. The van der Waals surface area contributed by atoms with Gasteiger partial charge in [-0.1, -0.05) is 72.8 Å². The van der Waals surface area contributed by atoms with E-state index in [2.05, 4.69) is 90.4 Å². The molecular weight excluding hydrogens is 924 g/mol. The van der Waals surface area contributed by atoms with Gasteiger partial charge in [0.15, 0.2) is 0 Å². The summed E-state index contributed by atoms with van der Waals surface area (Å²) in [5.74, 6) is -0.221. The molecule has 16 nitrogen and oxygen atoms in total. The van der Waals surface area contributed by atoms with E-state index in [9.17, 15) is 19.2 Å². The Labute approximate surface area is 420 Å². The Bertz CT molecular complexity index is 2750. The normalized spacial score (nSPS) is 15.1. The number of hydrogen-bond donors (Lipinski definition) is 3. The van der Waals surface area contributed by atoms with Crippen LogP contribution in [0.2, 0.25) is 5.28 Å². The summed E-state index contributed by atoms with van der Waals surface area (Å²) in [6.45, 7) is 13.7. The minimum Gasteiger partial charge on any atom is -0.467 e. The third kappa shape index (κ3) is 16.1. The molecule has 376 valence electrons. The topological polar surface area (TPSA) is 196 Å². The van der Waals surface area contributed by atoms with Crippen LogP contribution in [0.5, 0.6) is 0 Å². The molecule has 3 N–H and O–H groups in total. The first-order valence-corrected chi connectivity index (χ1v) is 24.2. The maximum Gasteiger partial charge on any atom is 0.408 e. The number of nitrogens with zero attached hydrogens (tertiary/aromatic N) is 5. The van der Waals surface area contributed by atoms with Gasteiger partial charge in [0.05, 0.1) is 25.6 Å². The maximum absolute atomic E-state index is 12.4. The van der Waals surface area contributed by atoms with E-state index in [-0.39, 0.29) is 17.1 Å². The third-order valence-corrected chi connectivity index (χ3v) is 11.9. The molecule has 2 saturated heterocycles. The largest absolute Gasteiger partial charge is 0.467 e. The summed E-state index contributed by atoms with van der Waals surface area (Å²) in [4.78, 5) is 67.8. The Morgan fingerprint density at radius 1 is 0.606 bits per heavy atom. The van der Waals surface area contributed by atoms with Crippen LogP contribution < -0.4 is 20.9 Å². The van der Waals surface area contributed by atoms with Crippen LogP contribution in [-0.2, 0) is 28.5 Å². The SMILES string of the molecule is COC(=O)C(NC(=O)OC(C)(C)C)C1CCN(c2nccc(-c3ccc4ccccc4c3)n2)CC1.COC(=O)C(NC(=O)OC(C)(C)C)C1CCNCC1.Clc1nccc(-c2ccc3ccccc3c2)n1. The van der Waals surface area contributed by atoms with Gasteiger partial charge in [0, 0.05) is 36.6 Å². The van der Waals surface area contributed by atoms with E-state index < -0.39 is 47.4 Å². The number of amides is 2. The lowest BCUT2D eigenvalue weighted by Gasteiger charge is -2.35. The number of ether oxygens (including phenoxy) is 4. The second-order valence-corrected chi connectivity index (χ2v) is 19.6. The minimum absolute atomic E-state index is 0.0742. The van der Waals surface area contributed by atoms with Gasteiger partial charge in [-0.3, -0.25) is 0 Å². The van der Waals surface area contributed by atoms with Gasteiger partial charge < -0.3 is 39.8 Å². The number of benzene rings is 4. The van der Waals surface area contributed by atoms with E-state index >= 15 is 0 Å². The van der Waals surface area contributed by atoms with Crippen LogP contribution in [-0.4, -0.2) is 108 Å². The van der Waals surface area contributed by atoms with E-state index in [4.69, 9.17) is 35.5 Å². The molecule has 8 rings (SSSR count). The van der Waals surface area contributed by atoms with Crippen molar-refractivity contribution in [1.29, 1.82) is 0 Å². The highest BCUT2D eigenvalue weighted by Crippen LogP contribution is 2.28. The number of aromatic nitrogens is 4. The second kappa shape index (κ2) is 24.8. The summed E-state index contributed by atoms with van der Waals surface area (Å²) in [5.41, 5.74) is 2.56. The van der Waals surface area contributed by atoms with E-state index in [0.29, 0.717) is 31.9 Å². The Morgan fingerprint density at radius 3 is 1.49 bits per heavy atom. The van der Waals surface area contributed by atoms with Crippen molar-refractivity contribution in [3.8, 4) is 22.5 Å². The molecule has 2 aromatic heterocycles. The molecule has 0 aliphatic carbocycles. The summed E-state index contributed by atoms with van der Waals surface area (Å²) < 4.78 is 20.2. The molecule has 0 saturated carbocycles. The molecule has 2 unspecified atom stereocenters. The van der Waals surface area contributed by atoms with Gasteiger partial charge in [-0.05, 0) is 150 Å². The van der Waals surface area contributed by atoms with Crippen LogP contribution in [0.25, 0.3) is 44.1 Å². The van der Waals surface area contributed by atoms with Crippen LogP contribution >= 0.6 is 11.6 Å². The van der Waals surface area contributed by atoms with Crippen molar-refractivity contribution in [1.82, 2.24) is 35.9 Å². The Kier molecular flexibility index (Phi) is 18.6. The summed E-state index contributed by atoms with van der Waals surface area (Å²) in [5, 5.41) is 13.6. The molecule has 4 aromatic carbocycles. The zero-order chi connectivity index (χ0) is 51.1. The number of rotatable bonds is 9. The maximum atomic E-state index is 12.4. The number of esters is 2. The lowest BCUT2D eigenvalue weighted by atomic mass is 9.89. The Hall–Kier alpha value is -6.91. The molecular formula is C54H65ClN8O8. The van der Waals surface area contributed by atoms with Crippen molar-refractivity contribution in [3.63, 3.8) is 0 Å². The molecule has 6 aromatic rings. The Morgan fingerprint density at radius 2 is 1.04 bits per heavy atom.